The number of nitrogens with one attached hydrogen (secondary N) is 1. The van der Waals surface area contributed by atoms with Crippen LogP contribution in [0.3, 0.4) is 0 Å². The van der Waals surface area contributed by atoms with Gasteiger partial charge in [0.15, 0.2) is 0 Å². The van der Waals surface area contributed by atoms with Crippen LogP contribution in [0.25, 0.3) is 0 Å². The van der Waals surface area contributed by atoms with Crippen LogP contribution in [-0.4, -0.2) is 24.7 Å². The number of hydrogen-bond acceptors (Lipinski definition) is 3. The molecule has 0 radical (unpaired) electrons. The Balaban J connectivity index is 2.24. The van der Waals surface area contributed by atoms with Crippen molar-refractivity contribution in [3.05, 3.63) is 23.8 Å². The molecule has 3 heteroatoms. The van der Waals surface area contributed by atoms with Gasteiger partial charge in [-0.1, -0.05) is 25.8 Å². The lowest BCUT2D eigenvalue weighted by atomic mass is 10.0. The third-order valence-electron chi connectivity index (χ3n) is 4.59. The maximum Gasteiger partial charge on any atom is 0.122 e. The largest absolute Gasteiger partial charge is 0.508 e. The van der Waals surface area contributed by atoms with Gasteiger partial charge in [0.25, 0.3) is 0 Å². The molecule has 0 saturated carbocycles. The van der Waals surface area contributed by atoms with Gasteiger partial charge in [-0.3, -0.25) is 0 Å². The second-order valence-corrected chi connectivity index (χ2v) is 5.86. The van der Waals surface area contributed by atoms with Gasteiger partial charge in [0.2, 0.25) is 0 Å². The maximum absolute atomic E-state index is 10.3. The first-order valence-electron chi connectivity index (χ1n) is 7.94. The summed E-state index contributed by atoms with van der Waals surface area (Å²) in [6.45, 7) is 5.44. The Hall–Kier alpha value is -1.22. The Morgan fingerprint density at radius 1 is 1.35 bits per heavy atom. The number of benzene rings is 1. The SMILES string of the molecule is CCC1CCCCCN1c1ccc(C(C)NC)c(O)c1. The first-order valence-corrected chi connectivity index (χ1v) is 7.94. The van der Waals surface area contributed by atoms with Crippen molar-refractivity contribution < 1.29 is 5.11 Å². The van der Waals surface area contributed by atoms with E-state index in [-0.39, 0.29) is 6.04 Å². The molecular weight excluding hydrogens is 248 g/mol. The summed E-state index contributed by atoms with van der Waals surface area (Å²) < 4.78 is 0. The van der Waals surface area contributed by atoms with E-state index in [0.29, 0.717) is 11.8 Å². The van der Waals surface area contributed by atoms with Crippen molar-refractivity contribution in [2.75, 3.05) is 18.5 Å². The van der Waals surface area contributed by atoms with Crippen LogP contribution in [0.5, 0.6) is 5.75 Å². The smallest absolute Gasteiger partial charge is 0.122 e. The van der Waals surface area contributed by atoms with Gasteiger partial charge in [0, 0.05) is 35.9 Å². The van der Waals surface area contributed by atoms with Crippen molar-refractivity contribution in [3.63, 3.8) is 0 Å². The second-order valence-electron chi connectivity index (χ2n) is 5.86. The lowest BCUT2D eigenvalue weighted by Gasteiger charge is -2.32. The molecule has 0 spiro atoms. The van der Waals surface area contributed by atoms with Crippen LogP contribution in [-0.2, 0) is 0 Å². The summed E-state index contributed by atoms with van der Waals surface area (Å²) in [6, 6.07) is 6.96. The van der Waals surface area contributed by atoms with E-state index < -0.39 is 0 Å². The van der Waals surface area contributed by atoms with Crippen molar-refractivity contribution in [2.24, 2.45) is 0 Å². The van der Waals surface area contributed by atoms with Gasteiger partial charge in [0.05, 0.1) is 0 Å². The molecule has 0 amide bonds. The standard InChI is InChI=1S/C17H28N2O/c1-4-14-8-6-5-7-11-19(14)15-9-10-16(13(2)18-3)17(20)12-15/h9-10,12-14,18,20H,4-8,11H2,1-3H3. The fourth-order valence-electron chi connectivity index (χ4n) is 3.17. The van der Waals surface area contributed by atoms with E-state index in [9.17, 15) is 5.11 Å². The monoisotopic (exact) mass is 276 g/mol. The average molecular weight is 276 g/mol. The maximum atomic E-state index is 10.3. The Labute approximate surface area is 123 Å². The fraction of sp³-hybridized carbons (Fsp3) is 0.647. The molecule has 1 aromatic rings. The summed E-state index contributed by atoms with van der Waals surface area (Å²) in [5.74, 6) is 0.406. The number of aromatic hydroxyl groups is 1. The summed E-state index contributed by atoms with van der Waals surface area (Å²) in [7, 11) is 1.92. The number of anilines is 1. The molecule has 2 unspecified atom stereocenters. The predicted octanol–water partition coefficient (Wildman–Crippen LogP) is 3.83. The van der Waals surface area contributed by atoms with Gasteiger partial charge in [-0.2, -0.15) is 0 Å². The summed E-state index contributed by atoms with van der Waals surface area (Å²) in [4.78, 5) is 2.49. The molecule has 1 saturated heterocycles. The van der Waals surface area contributed by atoms with Crippen molar-refractivity contribution >= 4 is 5.69 Å². The minimum atomic E-state index is 0.176. The number of rotatable bonds is 4. The lowest BCUT2D eigenvalue weighted by molar-refractivity contribution is 0.457. The first-order chi connectivity index (χ1) is 9.67. The van der Waals surface area contributed by atoms with Crippen LogP contribution < -0.4 is 10.2 Å². The van der Waals surface area contributed by atoms with Gasteiger partial charge >= 0.3 is 0 Å². The molecule has 1 fully saturated rings. The lowest BCUT2D eigenvalue weighted by Crippen LogP contribution is -2.34. The van der Waals surface area contributed by atoms with Gasteiger partial charge in [-0.15, -0.1) is 0 Å². The highest BCUT2D eigenvalue weighted by Crippen LogP contribution is 2.32. The van der Waals surface area contributed by atoms with Crippen molar-refractivity contribution in [1.29, 1.82) is 0 Å². The summed E-state index contributed by atoms with van der Waals surface area (Å²) >= 11 is 0. The molecule has 1 aliphatic heterocycles. The Morgan fingerprint density at radius 3 is 2.80 bits per heavy atom. The number of phenols is 1. The van der Waals surface area contributed by atoms with Crippen LogP contribution in [0.1, 0.15) is 57.6 Å². The molecule has 0 bridgehead atoms. The van der Waals surface area contributed by atoms with E-state index in [1.807, 2.05) is 13.1 Å². The molecule has 20 heavy (non-hydrogen) atoms. The van der Waals surface area contributed by atoms with E-state index in [4.69, 9.17) is 0 Å². The third kappa shape index (κ3) is 3.26. The molecule has 0 aromatic heterocycles. The normalized spacial score (nSPS) is 21.6. The molecule has 3 nitrogen and oxygen atoms in total. The van der Waals surface area contributed by atoms with Gasteiger partial charge in [-0.25, -0.2) is 0 Å². The third-order valence-corrected chi connectivity index (χ3v) is 4.59. The summed E-state index contributed by atoms with van der Waals surface area (Å²) in [5.41, 5.74) is 2.14. The number of nitrogens with zero attached hydrogens (tertiary/aromatic N) is 1. The minimum absolute atomic E-state index is 0.176. The Bertz CT molecular complexity index is 433. The highest BCUT2D eigenvalue weighted by molar-refractivity contribution is 5.54. The summed E-state index contributed by atoms with van der Waals surface area (Å²) in [5, 5.41) is 13.5. The Kier molecular flexibility index (Phi) is 5.30. The van der Waals surface area contributed by atoms with Crippen molar-refractivity contribution in [2.45, 2.75) is 58.0 Å². The van der Waals surface area contributed by atoms with E-state index >= 15 is 0 Å². The van der Waals surface area contributed by atoms with Gasteiger partial charge in [-0.05, 0) is 39.3 Å². The van der Waals surface area contributed by atoms with Crippen LogP contribution in [0.4, 0.5) is 5.69 Å². The Morgan fingerprint density at radius 2 is 2.15 bits per heavy atom. The zero-order valence-corrected chi connectivity index (χ0v) is 13.0. The highest BCUT2D eigenvalue weighted by Gasteiger charge is 2.21. The molecule has 2 atom stereocenters. The molecule has 1 aromatic carbocycles. The minimum Gasteiger partial charge on any atom is -0.508 e. The molecule has 1 heterocycles. The topological polar surface area (TPSA) is 35.5 Å². The van der Waals surface area contributed by atoms with E-state index in [2.05, 4.69) is 36.2 Å². The van der Waals surface area contributed by atoms with Crippen LogP contribution >= 0.6 is 0 Å². The van der Waals surface area contributed by atoms with Crippen LogP contribution in [0.2, 0.25) is 0 Å². The van der Waals surface area contributed by atoms with Gasteiger partial charge in [0.1, 0.15) is 5.75 Å². The molecule has 2 N–H and O–H groups in total. The molecule has 0 aliphatic carbocycles. The van der Waals surface area contributed by atoms with E-state index in [1.54, 1.807) is 0 Å². The van der Waals surface area contributed by atoms with Crippen LogP contribution in [0.15, 0.2) is 18.2 Å². The first kappa shape index (κ1) is 15.2. The number of phenolic OH excluding ortho intramolecular Hbond substituents is 1. The van der Waals surface area contributed by atoms with Crippen LogP contribution in [0, 0.1) is 0 Å². The second kappa shape index (κ2) is 6.98. The molecular formula is C17H28N2O. The average Bonchev–Trinajstić information content (AvgIpc) is 2.71. The number of hydrogen-bond donors (Lipinski definition) is 2. The van der Waals surface area contributed by atoms with Crippen molar-refractivity contribution in [3.8, 4) is 5.75 Å². The van der Waals surface area contributed by atoms with E-state index in [1.165, 1.54) is 37.8 Å². The predicted molar refractivity (Wildman–Crippen MR) is 85.5 cm³/mol. The highest BCUT2D eigenvalue weighted by atomic mass is 16.3. The fourth-order valence-corrected chi connectivity index (χ4v) is 3.17. The zero-order chi connectivity index (χ0) is 14.5. The summed E-state index contributed by atoms with van der Waals surface area (Å²) in [6.07, 6.45) is 6.36. The van der Waals surface area contributed by atoms with Gasteiger partial charge < -0.3 is 15.3 Å². The van der Waals surface area contributed by atoms with E-state index in [0.717, 1.165) is 12.1 Å². The molecule has 112 valence electrons. The zero-order valence-electron chi connectivity index (χ0n) is 13.0. The molecule has 2 rings (SSSR count). The quantitative estimate of drug-likeness (QED) is 0.877. The van der Waals surface area contributed by atoms with Crippen molar-refractivity contribution in [1.82, 2.24) is 5.32 Å². The molecule has 1 aliphatic rings.